The Kier molecular flexibility index (Phi) is 2.97. The number of pyridine rings is 1. The number of nitriles is 1. The van der Waals surface area contributed by atoms with Crippen molar-refractivity contribution in [2.45, 2.75) is 19.8 Å². The molecule has 2 N–H and O–H groups in total. The van der Waals surface area contributed by atoms with Gasteiger partial charge in [0.25, 0.3) is 6.43 Å². The van der Waals surface area contributed by atoms with Gasteiger partial charge in [-0.05, 0) is 6.92 Å². The lowest BCUT2D eigenvalue weighted by molar-refractivity contribution is 0.151. The molecule has 0 radical (unpaired) electrons. The second-order valence-corrected chi connectivity index (χ2v) is 2.83. The Morgan fingerprint density at radius 3 is 2.79 bits per heavy atom. The fourth-order valence-electron chi connectivity index (χ4n) is 1.18. The fraction of sp³-hybridized carbons (Fsp3) is 0.333. The third-order valence-electron chi connectivity index (χ3n) is 1.93. The van der Waals surface area contributed by atoms with Gasteiger partial charge in [-0.15, -0.1) is 0 Å². The van der Waals surface area contributed by atoms with Gasteiger partial charge in [-0.1, -0.05) is 0 Å². The van der Waals surface area contributed by atoms with Gasteiger partial charge in [-0.3, -0.25) is 4.98 Å². The Morgan fingerprint density at radius 1 is 1.64 bits per heavy atom. The summed E-state index contributed by atoms with van der Waals surface area (Å²) in [6.07, 6.45) is -1.29. The van der Waals surface area contributed by atoms with Crippen LogP contribution in [0.3, 0.4) is 0 Å². The van der Waals surface area contributed by atoms with Gasteiger partial charge in [-0.25, -0.2) is 8.78 Å². The number of halogens is 2. The Labute approximate surface area is 80.2 Å². The smallest absolute Gasteiger partial charge is 0.267 e. The summed E-state index contributed by atoms with van der Waals surface area (Å²) in [7, 11) is 0. The van der Waals surface area contributed by atoms with E-state index in [1.807, 2.05) is 6.07 Å². The summed E-state index contributed by atoms with van der Waals surface area (Å²) in [5.74, 6) is 0. The molecule has 0 aliphatic carbocycles. The van der Waals surface area contributed by atoms with Gasteiger partial charge in [-0.2, -0.15) is 5.26 Å². The quantitative estimate of drug-likeness (QED) is 0.788. The van der Waals surface area contributed by atoms with Crippen LogP contribution in [-0.4, -0.2) is 4.98 Å². The molecule has 0 aliphatic rings. The molecule has 0 aliphatic heterocycles. The first-order valence-electron chi connectivity index (χ1n) is 3.96. The van der Waals surface area contributed by atoms with Crippen LogP contribution in [0.5, 0.6) is 0 Å². The molecule has 1 rings (SSSR count). The molecule has 3 nitrogen and oxygen atoms in total. The predicted octanol–water partition coefficient (Wildman–Crippen LogP) is 1.98. The Hall–Kier alpha value is -1.70. The van der Waals surface area contributed by atoms with Crippen molar-refractivity contribution in [3.05, 3.63) is 23.0 Å². The van der Waals surface area contributed by atoms with E-state index in [0.29, 0.717) is 5.56 Å². The third-order valence-corrected chi connectivity index (χ3v) is 1.93. The second kappa shape index (κ2) is 4.01. The number of aryl methyl sites for hydroxylation is 1. The van der Waals surface area contributed by atoms with E-state index in [9.17, 15) is 8.78 Å². The summed E-state index contributed by atoms with van der Waals surface area (Å²) in [6.45, 7) is 1.47. The van der Waals surface area contributed by atoms with Crippen LogP contribution in [0, 0.1) is 18.3 Å². The van der Waals surface area contributed by atoms with Crippen molar-refractivity contribution in [1.29, 1.82) is 5.26 Å². The van der Waals surface area contributed by atoms with Gasteiger partial charge in [0, 0.05) is 23.1 Å². The molecule has 14 heavy (non-hydrogen) atoms. The highest BCUT2D eigenvalue weighted by molar-refractivity contribution is 5.55. The number of nitrogens with zero attached hydrogens (tertiary/aromatic N) is 2. The molecule has 5 heteroatoms. The largest absolute Gasteiger partial charge is 0.398 e. The molecular formula is C9H9F2N3. The summed E-state index contributed by atoms with van der Waals surface area (Å²) in [6, 6.07) is 1.85. The van der Waals surface area contributed by atoms with E-state index < -0.39 is 6.43 Å². The first-order valence-corrected chi connectivity index (χ1v) is 3.96. The van der Waals surface area contributed by atoms with Crippen LogP contribution in [0.15, 0.2) is 6.20 Å². The van der Waals surface area contributed by atoms with Gasteiger partial charge < -0.3 is 5.73 Å². The van der Waals surface area contributed by atoms with Crippen LogP contribution in [0.1, 0.15) is 23.2 Å². The van der Waals surface area contributed by atoms with Crippen molar-refractivity contribution in [2.75, 3.05) is 5.73 Å². The molecule has 0 saturated carbocycles. The topological polar surface area (TPSA) is 62.7 Å². The maximum atomic E-state index is 12.5. The number of hydrogen-bond donors (Lipinski definition) is 1. The molecule has 0 fully saturated rings. The summed E-state index contributed by atoms with van der Waals surface area (Å²) in [5, 5.41) is 8.42. The SMILES string of the molecule is Cc1ncc(CC#N)c(N)c1C(F)F. The monoisotopic (exact) mass is 197 g/mol. The van der Waals surface area contributed by atoms with Gasteiger partial charge >= 0.3 is 0 Å². The number of hydrogen-bond acceptors (Lipinski definition) is 3. The summed E-state index contributed by atoms with van der Waals surface area (Å²) in [5.41, 5.74) is 5.78. The van der Waals surface area contributed by atoms with Crippen LogP contribution in [-0.2, 0) is 6.42 Å². The van der Waals surface area contributed by atoms with Crippen LogP contribution in [0.4, 0.5) is 14.5 Å². The van der Waals surface area contributed by atoms with Crippen LogP contribution >= 0.6 is 0 Å². The third kappa shape index (κ3) is 1.79. The molecule has 0 spiro atoms. The summed E-state index contributed by atoms with van der Waals surface area (Å²) in [4.78, 5) is 3.77. The van der Waals surface area contributed by atoms with Crippen molar-refractivity contribution in [3.8, 4) is 6.07 Å². The zero-order valence-corrected chi connectivity index (χ0v) is 7.59. The molecule has 74 valence electrons. The van der Waals surface area contributed by atoms with Crippen LogP contribution in [0.2, 0.25) is 0 Å². The van der Waals surface area contributed by atoms with Crippen LogP contribution < -0.4 is 5.73 Å². The summed E-state index contributed by atoms with van der Waals surface area (Å²) < 4.78 is 25.0. The molecular weight excluding hydrogens is 188 g/mol. The molecule has 1 heterocycles. The molecule has 0 unspecified atom stereocenters. The second-order valence-electron chi connectivity index (χ2n) is 2.83. The highest BCUT2D eigenvalue weighted by atomic mass is 19.3. The molecule has 0 amide bonds. The number of rotatable bonds is 2. The fourth-order valence-corrected chi connectivity index (χ4v) is 1.18. The first-order chi connectivity index (χ1) is 6.57. The molecule has 0 atom stereocenters. The number of aromatic nitrogens is 1. The van der Waals surface area contributed by atoms with E-state index in [1.54, 1.807) is 0 Å². The van der Waals surface area contributed by atoms with Gasteiger partial charge in [0.2, 0.25) is 0 Å². The predicted molar refractivity (Wildman–Crippen MR) is 47.7 cm³/mol. The zero-order valence-electron chi connectivity index (χ0n) is 7.59. The maximum Gasteiger partial charge on any atom is 0.267 e. The van der Waals surface area contributed by atoms with Crippen molar-refractivity contribution >= 4 is 5.69 Å². The molecule has 1 aromatic heterocycles. The van der Waals surface area contributed by atoms with Crippen molar-refractivity contribution in [3.63, 3.8) is 0 Å². The number of anilines is 1. The lowest BCUT2D eigenvalue weighted by atomic mass is 10.1. The maximum absolute atomic E-state index is 12.5. The number of nitrogen functional groups attached to an aromatic ring is 1. The average Bonchev–Trinajstić information content (AvgIpc) is 2.10. The lowest BCUT2D eigenvalue weighted by Crippen LogP contribution is -2.04. The minimum absolute atomic E-state index is 0.00116. The standard InChI is InChI=1S/C9H9F2N3/c1-5-7(9(10)11)8(13)6(2-3-12)4-14-5/h4,9H,2H2,1H3,(H2,13,14). The highest BCUT2D eigenvalue weighted by Gasteiger charge is 2.17. The van der Waals surface area contributed by atoms with Crippen molar-refractivity contribution in [2.24, 2.45) is 0 Å². The van der Waals surface area contributed by atoms with Gasteiger partial charge in [0.05, 0.1) is 18.1 Å². The minimum atomic E-state index is -2.65. The number of alkyl halides is 2. The van der Waals surface area contributed by atoms with E-state index in [-0.39, 0.29) is 23.4 Å². The van der Waals surface area contributed by atoms with Crippen molar-refractivity contribution in [1.82, 2.24) is 4.98 Å². The Morgan fingerprint density at radius 2 is 2.29 bits per heavy atom. The average molecular weight is 197 g/mol. The lowest BCUT2D eigenvalue weighted by Gasteiger charge is -2.10. The van der Waals surface area contributed by atoms with E-state index in [1.165, 1.54) is 13.1 Å². The molecule has 0 aromatic carbocycles. The van der Waals surface area contributed by atoms with Gasteiger partial charge in [0.1, 0.15) is 0 Å². The first kappa shape index (κ1) is 10.4. The summed E-state index contributed by atoms with van der Waals surface area (Å²) >= 11 is 0. The van der Waals surface area contributed by atoms with E-state index >= 15 is 0 Å². The zero-order chi connectivity index (χ0) is 10.7. The van der Waals surface area contributed by atoms with Crippen molar-refractivity contribution < 1.29 is 8.78 Å². The highest BCUT2D eigenvalue weighted by Crippen LogP contribution is 2.29. The molecule has 1 aromatic rings. The van der Waals surface area contributed by atoms with E-state index in [0.717, 1.165) is 0 Å². The Bertz CT molecular complexity index is 382. The van der Waals surface area contributed by atoms with Gasteiger partial charge in [0.15, 0.2) is 0 Å². The van der Waals surface area contributed by atoms with E-state index in [2.05, 4.69) is 4.98 Å². The molecule has 0 bridgehead atoms. The number of nitrogens with two attached hydrogens (primary N) is 1. The Balaban J connectivity index is 3.28. The molecule has 0 saturated heterocycles. The minimum Gasteiger partial charge on any atom is -0.398 e. The van der Waals surface area contributed by atoms with E-state index in [4.69, 9.17) is 11.0 Å². The van der Waals surface area contributed by atoms with Crippen LogP contribution in [0.25, 0.3) is 0 Å². The normalized spacial score (nSPS) is 10.2.